The van der Waals surface area contributed by atoms with Crippen LogP contribution in [0.1, 0.15) is 56.3 Å². The molecule has 3 aromatic rings. The number of carbonyl (C=O) groups is 2. The van der Waals surface area contributed by atoms with Gasteiger partial charge >= 0.3 is 0 Å². The Hall–Kier alpha value is -4.83. The van der Waals surface area contributed by atoms with E-state index in [4.69, 9.17) is 14.2 Å². The fourth-order valence-corrected chi connectivity index (χ4v) is 6.98. The van der Waals surface area contributed by atoms with E-state index in [1.54, 1.807) is 33.5 Å². The molecule has 5 rings (SSSR count). The van der Waals surface area contributed by atoms with E-state index in [0.717, 1.165) is 36.3 Å². The zero-order valence-corrected chi connectivity index (χ0v) is 30.1. The summed E-state index contributed by atoms with van der Waals surface area (Å²) in [5.41, 5.74) is 4.37. The number of methoxy groups -OCH3 is 3. The van der Waals surface area contributed by atoms with Crippen molar-refractivity contribution in [2.45, 2.75) is 52.1 Å². The van der Waals surface area contributed by atoms with Crippen molar-refractivity contribution in [2.24, 2.45) is 5.92 Å². The number of anilines is 1. The number of aryl methyl sites for hydroxylation is 1. The highest BCUT2D eigenvalue weighted by Gasteiger charge is 2.31. The zero-order chi connectivity index (χ0) is 35.8. The van der Waals surface area contributed by atoms with Gasteiger partial charge in [0.15, 0.2) is 11.5 Å². The number of hydrogen-bond donors (Lipinski definition) is 2. The maximum absolute atomic E-state index is 14.0. The number of nitrogens with zero attached hydrogens (tertiary/aromatic N) is 2. The van der Waals surface area contributed by atoms with Crippen LogP contribution >= 0.6 is 0 Å². The third kappa shape index (κ3) is 8.48. The van der Waals surface area contributed by atoms with Gasteiger partial charge in [-0.1, -0.05) is 62.4 Å². The van der Waals surface area contributed by atoms with Gasteiger partial charge in [0.2, 0.25) is 23.0 Å². The van der Waals surface area contributed by atoms with Crippen LogP contribution in [0.25, 0.3) is 17.2 Å². The van der Waals surface area contributed by atoms with Crippen LogP contribution in [0.4, 0.5) is 5.69 Å². The standard InChI is InChI=1S/C40H50N4O6/c1-26(2)23-34(40(47)44-21-19-43(20-22-44)18-10-13-28-11-8-7-9-12-28)42-33-17-15-30-31(25-35(33)46)32(41-27(3)45)16-14-29-24-36(48-4)38(49-5)39(50-6)37(29)30/h7-13,15,17,24-26,32,34H,14,16,18-23H2,1-6H3,(H,41,45)(H,42,46)/t32-,34-/m0/s1. The molecule has 0 saturated carbocycles. The van der Waals surface area contributed by atoms with Crippen molar-refractivity contribution in [3.05, 3.63) is 87.6 Å². The second-order valence-corrected chi connectivity index (χ2v) is 13.4. The van der Waals surface area contributed by atoms with E-state index in [2.05, 4.69) is 53.7 Å². The predicted octanol–water partition coefficient (Wildman–Crippen LogP) is 5.55. The van der Waals surface area contributed by atoms with Gasteiger partial charge in [-0.15, -0.1) is 0 Å². The van der Waals surface area contributed by atoms with Crippen molar-refractivity contribution < 1.29 is 23.8 Å². The SMILES string of the molecule is COc1cc2c(c(OC)c1OC)-c1ccc(N[C@@H](CC(C)C)C(=O)N3CCN(CC=Cc4ccccc4)CC3)c(=O)cc1[C@@H](NC(C)=O)CC2. The summed E-state index contributed by atoms with van der Waals surface area (Å²) in [5.74, 6) is 1.48. The molecule has 10 heteroatoms. The quantitative estimate of drug-likeness (QED) is 0.256. The summed E-state index contributed by atoms with van der Waals surface area (Å²) in [7, 11) is 4.71. The highest BCUT2D eigenvalue weighted by molar-refractivity contribution is 5.86. The van der Waals surface area contributed by atoms with E-state index < -0.39 is 12.1 Å². The molecule has 1 aliphatic carbocycles. The molecule has 0 radical (unpaired) electrons. The van der Waals surface area contributed by atoms with Crippen LogP contribution in [-0.2, 0) is 16.0 Å². The fourth-order valence-electron chi connectivity index (χ4n) is 6.98. The Balaban J connectivity index is 1.43. The van der Waals surface area contributed by atoms with Crippen molar-refractivity contribution in [2.75, 3.05) is 59.4 Å². The second kappa shape index (κ2) is 16.7. The van der Waals surface area contributed by atoms with Crippen LogP contribution in [-0.4, -0.2) is 81.7 Å². The van der Waals surface area contributed by atoms with E-state index in [9.17, 15) is 14.4 Å². The Morgan fingerprint density at radius 2 is 1.66 bits per heavy atom. The number of piperazine rings is 1. The predicted molar refractivity (Wildman–Crippen MR) is 198 cm³/mol. The molecule has 0 unspecified atom stereocenters. The highest BCUT2D eigenvalue weighted by atomic mass is 16.5. The number of rotatable bonds is 12. The van der Waals surface area contributed by atoms with Gasteiger partial charge < -0.3 is 29.7 Å². The van der Waals surface area contributed by atoms with E-state index in [-0.39, 0.29) is 23.2 Å². The van der Waals surface area contributed by atoms with Crippen molar-refractivity contribution >= 4 is 23.6 Å². The number of carbonyl (C=O) groups excluding carboxylic acids is 2. The maximum Gasteiger partial charge on any atom is 0.245 e. The summed E-state index contributed by atoms with van der Waals surface area (Å²) in [5, 5.41) is 6.41. The lowest BCUT2D eigenvalue weighted by molar-refractivity contribution is -0.134. The Morgan fingerprint density at radius 1 is 0.940 bits per heavy atom. The minimum atomic E-state index is -0.577. The average molecular weight is 683 g/mol. The molecule has 0 spiro atoms. The molecule has 1 saturated heterocycles. The number of ether oxygens (including phenoxy) is 3. The molecule has 1 heterocycles. The van der Waals surface area contributed by atoms with Crippen molar-refractivity contribution in [1.82, 2.24) is 15.1 Å². The van der Waals surface area contributed by atoms with Gasteiger partial charge in [-0.3, -0.25) is 19.3 Å². The summed E-state index contributed by atoms with van der Waals surface area (Å²) in [6.45, 7) is 9.24. The molecule has 50 heavy (non-hydrogen) atoms. The molecule has 10 nitrogen and oxygen atoms in total. The molecule has 2 atom stereocenters. The zero-order valence-electron chi connectivity index (χ0n) is 30.1. The molecule has 2 N–H and O–H groups in total. The smallest absolute Gasteiger partial charge is 0.245 e. The first-order valence-electron chi connectivity index (χ1n) is 17.4. The van der Waals surface area contributed by atoms with Crippen LogP contribution in [0.5, 0.6) is 17.2 Å². The Bertz CT molecular complexity index is 1750. The molecule has 1 aliphatic heterocycles. The summed E-state index contributed by atoms with van der Waals surface area (Å²) >= 11 is 0. The number of nitrogens with one attached hydrogen (secondary N) is 2. The molecule has 1 fully saturated rings. The van der Waals surface area contributed by atoms with E-state index in [1.807, 2.05) is 35.2 Å². The largest absolute Gasteiger partial charge is 0.493 e. The topological polar surface area (TPSA) is 109 Å². The summed E-state index contributed by atoms with van der Waals surface area (Å²) in [4.78, 5) is 44.6. The fraction of sp³-hybridized carbons (Fsp3) is 0.425. The lowest BCUT2D eigenvalue weighted by atomic mass is 9.95. The maximum atomic E-state index is 14.0. The van der Waals surface area contributed by atoms with Crippen molar-refractivity contribution in [3.8, 4) is 28.4 Å². The first-order chi connectivity index (χ1) is 24.1. The highest BCUT2D eigenvalue weighted by Crippen LogP contribution is 2.50. The van der Waals surface area contributed by atoms with Gasteiger partial charge in [-0.25, -0.2) is 0 Å². The normalized spacial score (nSPS) is 16.6. The minimum absolute atomic E-state index is 0.00869. The first-order valence-corrected chi connectivity index (χ1v) is 17.4. The Morgan fingerprint density at radius 3 is 2.30 bits per heavy atom. The lowest BCUT2D eigenvalue weighted by Crippen LogP contribution is -2.53. The molecule has 0 bridgehead atoms. The van der Waals surface area contributed by atoms with Crippen molar-refractivity contribution in [1.29, 1.82) is 0 Å². The number of benzene rings is 2. The minimum Gasteiger partial charge on any atom is -0.493 e. The van der Waals surface area contributed by atoms with Gasteiger partial charge in [0.1, 0.15) is 6.04 Å². The average Bonchev–Trinajstić information content (AvgIpc) is 3.35. The van der Waals surface area contributed by atoms with Gasteiger partial charge in [-0.2, -0.15) is 0 Å². The van der Waals surface area contributed by atoms with Crippen LogP contribution < -0.4 is 30.3 Å². The molecule has 0 aromatic heterocycles. The van der Waals surface area contributed by atoms with E-state index >= 15 is 0 Å². The molecule has 3 aromatic carbocycles. The monoisotopic (exact) mass is 682 g/mol. The molecule has 2 amide bonds. The van der Waals surface area contributed by atoms with E-state index in [0.29, 0.717) is 60.9 Å². The summed E-state index contributed by atoms with van der Waals surface area (Å²) in [6, 6.07) is 16.4. The van der Waals surface area contributed by atoms with Gasteiger partial charge in [0.05, 0.1) is 33.1 Å². The number of amides is 2. The van der Waals surface area contributed by atoms with E-state index in [1.165, 1.54) is 12.5 Å². The first kappa shape index (κ1) is 36.5. The van der Waals surface area contributed by atoms with Gasteiger partial charge in [-0.05, 0) is 65.6 Å². The Kier molecular flexibility index (Phi) is 12.2. The second-order valence-electron chi connectivity index (χ2n) is 13.4. The number of hydrogen-bond acceptors (Lipinski definition) is 8. The van der Waals surface area contributed by atoms with Crippen LogP contribution in [0.15, 0.2) is 65.5 Å². The Labute approximate surface area is 295 Å². The van der Waals surface area contributed by atoms with Crippen molar-refractivity contribution in [3.63, 3.8) is 0 Å². The molecule has 2 aliphatic rings. The summed E-state index contributed by atoms with van der Waals surface area (Å²) in [6.07, 6.45) is 6.03. The lowest BCUT2D eigenvalue weighted by Gasteiger charge is -2.36. The van der Waals surface area contributed by atoms with Crippen LogP contribution in [0.3, 0.4) is 0 Å². The molecular formula is C40H50N4O6. The molecular weight excluding hydrogens is 632 g/mol. The van der Waals surface area contributed by atoms with Crippen LogP contribution in [0, 0.1) is 5.92 Å². The third-order valence-corrected chi connectivity index (χ3v) is 9.41. The van der Waals surface area contributed by atoms with Gasteiger partial charge in [0, 0.05) is 45.2 Å². The molecule has 266 valence electrons. The van der Waals surface area contributed by atoms with Gasteiger partial charge in [0.25, 0.3) is 0 Å². The summed E-state index contributed by atoms with van der Waals surface area (Å²) < 4.78 is 17.3. The number of fused-ring (bicyclic) bond motifs is 3. The third-order valence-electron chi connectivity index (χ3n) is 9.41. The van der Waals surface area contributed by atoms with Crippen LogP contribution in [0.2, 0.25) is 0 Å².